The van der Waals surface area contributed by atoms with Crippen molar-refractivity contribution in [3.63, 3.8) is 0 Å². The lowest BCUT2D eigenvalue weighted by molar-refractivity contribution is -0.125. The van der Waals surface area contributed by atoms with Gasteiger partial charge in [0, 0.05) is 11.1 Å². The molecular weight excluding hydrogens is 360 g/mol. The van der Waals surface area contributed by atoms with E-state index in [1.807, 2.05) is 0 Å². The van der Waals surface area contributed by atoms with Crippen LogP contribution in [-0.4, -0.2) is 49.9 Å². The normalized spacial score (nSPS) is 15.5. The lowest BCUT2D eigenvalue weighted by Crippen LogP contribution is -2.57. The fraction of sp³-hybridized carbons (Fsp3) is 0.211. The molecule has 0 saturated heterocycles. The molecule has 3 N–H and O–H groups in total. The molecule has 0 aliphatic rings. The van der Waals surface area contributed by atoms with Gasteiger partial charge in [-0.1, -0.05) is 60.7 Å². The molecule has 0 aliphatic carbocycles. The first-order valence-electron chi connectivity index (χ1n) is 7.73. The third kappa shape index (κ3) is 4.23. The third-order valence-corrected chi connectivity index (χ3v) is 4.09. The Balaban J connectivity index is 2.37. The predicted molar refractivity (Wildman–Crippen MR) is 94.0 cm³/mol. The molecule has 0 aliphatic heterocycles. The van der Waals surface area contributed by atoms with Crippen LogP contribution in [0, 0.1) is 0 Å². The smallest absolute Gasteiger partial charge is 0.225 e. The van der Waals surface area contributed by atoms with Crippen LogP contribution in [0.3, 0.4) is 0 Å². The molecule has 0 amide bonds. The van der Waals surface area contributed by atoms with Crippen molar-refractivity contribution in [3.05, 3.63) is 71.8 Å². The molecule has 0 bridgehead atoms. The second-order valence-corrected chi connectivity index (χ2v) is 6.19. The molecule has 2 rings (SSSR count). The Kier molecular flexibility index (Phi) is 6.39. The summed E-state index contributed by atoms with van der Waals surface area (Å²) in [6.07, 6.45) is -5.36. The van der Waals surface area contributed by atoms with E-state index >= 15 is 0 Å². The quantitative estimate of drug-likeness (QED) is 0.473. The topological polar surface area (TPSA) is 112 Å². The van der Waals surface area contributed by atoms with Gasteiger partial charge in [-0.25, -0.2) is 0 Å². The monoisotopic (exact) mass is 376 g/mol. The van der Waals surface area contributed by atoms with Crippen molar-refractivity contribution in [2.45, 2.75) is 24.2 Å². The van der Waals surface area contributed by atoms with E-state index < -0.39 is 41.0 Å². The van der Waals surface area contributed by atoms with Crippen molar-refractivity contribution in [3.8, 4) is 0 Å². The first-order chi connectivity index (χ1) is 12.3. The maximum absolute atomic E-state index is 12.7. The number of ketones is 2. The molecule has 0 radical (unpaired) electrons. The number of aliphatic hydroxyl groups excluding tert-OH is 2. The highest BCUT2D eigenvalue weighted by Crippen LogP contribution is 2.26. The van der Waals surface area contributed by atoms with Crippen molar-refractivity contribution in [2.75, 3.05) is 0 Å². The molecular formula is C19H17ClO6. The van der Waals surface area contributed by atoms with Crippen molar-refractivity contribution in [2.24, 2.45) is 0 Å². The van der Waals surface area contributed by atoms with E-state index in [4.69, 9.17) is 11.6 Å². The molecule has 0 spiro atoms. The minimum Gasteiger partial charge on any atom is -0.386 e. The van der Waals surface area contributed by atoms with E-state index in [0.717, 1.165) is 0 Å². The summed E-state index contributed by atoms with van der Waals surface area (Å²) < 4.78 is 0. The zero-order valence-corrected chi connectivity index (χ0v) is 14.3. The zero-order valence-electron chi connectivity index (χ0n) is 13.6. The summed E-state index contributed by atoms with van der Waals surface area (Å²) in [7, 11) is 0. The lowest BCUT2D eigenvalue weighted by Gasteiger charge is -2.32. The summed E-state index contributed by atoms with van der Waals surface area (Å²) in [5.41, 5.74) is -2.69. The summed E-state index contributed by atoms with van der Waals surface area (Å²) in [6, 6.07) is 15.0. The number of benzene rings is 2. The maximum atomic E-state index is 12.7. The van der Waals surface area contributed by atoms with Crippen molar-refractivity contribution in [1.82, 2.24) is 0 Å². The van der Waals surface area contributed by atoms with Gasteiger partial charge in [0.25, 0.3) is 0 Å². The van der Waals surface area contributed by atoms with Gasteiger partial charge in [-0.15, -0.1) is 0 Å². The standard InChI is InChI=1S/C19H17ClO6/c20-14(21)11-19(26,17(24)13-9-5-2-6-10-13)18(25)16(23)15(22)12-7-3-1-4-8-12/h1-10,16,18,23,25-26H,11H2/t16?,18-,19-/m1/s1. The van der Waals surface area contributed by atoms with E-state index in [2.05, 4.69) is 0 Å². The highest BCUT2D eigenvalue weighted by molar-refractivity contribution is 6.63. The molecule has 0 saturated carbocycles. The number of Topliss-reactive ketones (excluding diaryl/α,β-unsaturated/α-hetero) is 2. The fourth-order valence-electron chi connectivity index (χ4n) is 2.55. The summed E-state index contributed by atoms with van der Waals surface area (Å²) in [4.78, 5) is 36.3. The zero-order chi connectivity index (χ0) is 19.3. The van der Waals surface area contributed by atoms with Crippen molar-refractivity contribution in [1.29, 1.82) is 0 Å². The van der Waals surface area contributed by atoms with Crippen LogP contribution in [-0.2, 0) is 4.79 Å². The molecule has 136 valence electrons. The SMILES string of the molecule is O=C(Cl)C[C@@](O)(C(=O)c1ccccc1)[C@H](O)C(O)C(=O)c1ccccc1. The van der Waals surface area contributed by atoms with Crippen LogP contribution in [0.1, 0.15) is 27.1 Å². The molecule has 26 heavy (non-hydrogen) atoms. The van der Waals surface area contributed by atoms with Gasteiger partial charge in [0.15, 0.2) is 17.2 Å². The molecule has 0 heterocycles. The van der Waals surface area contributed by atoms with Crippen LogP contribution in [0.5, 0.6) is 0 Å². The second kappa shape index (κ2) is 8.33. The second-order valence-electron chi connectivity index (χ2n) is 5.77. The van der Waals surface area contributed by atoms with E-state index in [1.165, 1.54) is 36.4 Å². The van der Waals surface area contributed by atoms with Crippen LogP contribution >= 0.6 is 11.6 Å². The lowest BCUT2D eigenvalue weighted by atomic mass is 9.81. The Morgan fingerprint density at radius 1 is 0.885 bits per heavy atom. The van der Waals surface area contributed by atoms with Gasteiger partial charge in [0.1, 0.15) is 12.2 Å². The number of carbonyl (C=O) groups excluding carboxylic acids is 3. The van der Waals surface area contributed by atoms with E-state index in [1.54, 1.807) is 24.3 Å². The number of hydrogen-bond acceptors (Lipinski definition) is 6. The van der Waals surface area contributed by atoms with E-state index in [-0.39, 0.29) is 11.1 Å². The summed E-state index contributed by atoms with van der Waals surface area (Å²) in [5, 5.41) is 30.2. The minimum atomic E-state index is -2.76. The highest BCUT2D eigenvalue weighted by Gasteiger charge is 2.49. The maximum Gasteiger partial charge on any atom is 0.225 e. The van der Waals surface area contributed by atoms with Gasteiger partial charge in [0.2, 0.25) is 5.24 Å². The van der Waals surface area contributed by atoms with Gasteiger partial charge in [0.05, 0.1) is 6.42 Å². The molecule has 0 fully saturated rings. The molecule has 2 aromatic carbocycles. The molecule has 1 unspecified atom stereocenters. The number of halogens is 1. The molecule has 0 aromatic heterocycles. The Bertz CT molecular complexity index is 792. The van der Waals surface area contributed by atoms with Gasteiger partial charge < -0.3 is 15.3 Å². The average molecular weight is 377 g/mol. The Morgan fingerprint density at radius 3 is 1.81 bits per heavy atom. The summed E-state index contributed by atoms with van der Waals surface area (Å²) in [6.45, 7) is 0. The van der Waals surface area contributed by atoms with Gasteiger partial charge in [-0.2, -0.15) is 0 Å². The fourth-order valence-corrected chi connectivity index (χ4v) is 2.75. The Hall–Kier alpha value is -2.38. The van der Waals surface area contributed by atoms with Gasteiger partial charge in [-0.05, 0) is 11.6 Å². The van der Waals surface area contributed by atoms with Crippen molar-refractivity contribution >= 4 is 28.4 Å². The van der Waals surface area contributed by atoms with Crippen LogP contribution in [0.2, 0.25) is 0 Å². The van der Waals surface area contributed by atoms with Crippen LogP contribution in [0.15, 0.2) is 60.7 Å². The molecule has 7 heteroatoms. The first kappa shape index (κ1) is 19.9. The van der Waals surface area contributed by atoms with E-state index in [0.29, 0.717) is 0 Å². The Labute approximate surface area is 154 Å². The summed E-state index contributed by atoms with van der Waals surface area (Å²) >= 11 is 5.31. The number of carbonyl (C=O) groups is 3. The Morgan fingerprint density at radius 2 is 1.35 bits per heavy atom. The number of hydrogen-bond donors (Lipinski definition) is 3. The first-order valence-corrected chi connectivity index (χ1v) is 8.11. The highest BCUT2D eigenvalue weighted by atomic mass is 35.5. The summed E-state index contributed by atoms with van der Waals surface area (Å²) in [5.74, 6) is -1.93. The number of rotatable bonds is 8. The van der Waals surface area contributed by atoms with Gasteiger partial charge in [-0.3, -0.25) is 14.4 Å². The van der Waals surface area contributed by atoms with Gasteiger partial charge >= 0.3 is 0 Å². The van der Waals surface area contributed by atoms with E-state index in [9.17, 15) is 29.7 Å². The number of aliphatic hydroxyl groups is 3. The van der Waals surface area contributed by atoms with Crippen LogP contribution < -0.4 is 0 Å². The molecule has 6 nitrogen and oxygen atoms in total. The average Bonchev–Trinajstić information content (AvgIpc) is 2.66. The predicted octanol–water partition coefficient (Wildman–Crippen LogP) is 1.36. The molecule has 2 aromatic rings. The third-order valence-electron chi connectivity index (χ3n) is 3.95. The van der Waals surface area contributed by atoms with Crippen LogP contribution in [0.25, 0.3) is 0 Å². The van der Waals surface area contributed by atoms with Crippen molar-refractivity contribution < 1.29 is 29.7 Å². The largest absolute Gasteiger partial charge is 0.386 e. The van der Waals surface area contributed by atoms with Crippen LogP contribution in [0.4, 0.5) is 0 Å². The molecule has 3 atom stereocenters. The minimum absolute atomic E-state index is 0.00803.